The summed E-state index contributed by atoms with van der Waals surface area (Å²) in [6.07, 6.45) is 3.93. The molecule has 2 aliphatic rings. The second-order valence-corrected chi connectivity index (χ2v) is 5.88. The van der Waals surface area contributed by atoms with Gasteiger partial charge in [0.05, 0.1) is 0 Å². The summed E-state index contributed by atoms with van der Waals surface area (Å²) >= 11 is 0. The minimum atomic E-state index is 0.572. The highest BCUT2D eigenvalue weighted by atomic mass is 15.2. The molecule has 96 valence electrons. The summed E-state index contributed by atoms with van der Waals surface area (Å²) in [7, 11) is 0. The van der Waals surface area contributed by atoms with Crippen LogP contribution in [-0.4, -0.2) is 48.7 Å². The largest absolute Gasteiger partial charge is 0.357 e. The van der Waals surface area contributed by atoms with Crippen molar-refractivity contribution in [2.75, 3.05) is 26.2 Å². The van der Waals surface area contributed by atoms with Crippen LogP contribution in [0.3, 0.4) is 0 Å². The van der Waals surface area contributed by atoms with Gasteiger partial charge in [0.1, 0.15) is 5.82 Å². The predicted molar refractivity (Wildman–Crippen MR) is 73.3 cm³/mol. The fraction of sp³-hybridized carbons (Fsp3) is 0.786. The first kappa shape index (κ1) is 12.6. The minimum absolute atomic E-state index is 0.572. The molecule has 0 atom stereocenters. The molecule has 2 heterocycles. The van der Waals surface area contributed by atoms with E-state index < -0.39 is 0 Å². The Morgan fingerprint density at radius 1 is 1.18 bits per heavy atom. The number of hydrogen-bond donors (Lipinski definition) is 0. The molecule has 0 N–H and O–H groups in total. The Hall–Kier alpha value is -0.830. The smallest absolute Gasteiger partial charge is 0.120 e. The third-order valence-electron chi connectivity index (χ3n) is 4.57. The molecule has 0 saturated carbocycles. The molecule has 2 rings (SSSR count). The number of rotatable bonds is 3. The molecule has 2 saturated heterocycles. The standard InChI is InChI=1S/C14H25N3/c1-12(2)17-10-7-14(11-17)5-8-16(9-6-14)13(3)15-4/h12H,3-11H2,1-2H3. The van der Waals surface area contributed by atoms with Crippen molar-refractivity contribution in [3.8, 4) is 0 Å². The van der Waals surface area contributed by atoms with Crippen molar-refractivity contribution in [2.24, 2.45) is 10.4 Å². The van der Waals surface area contributed by atoms with Crippen molar-refractivity contribution in [3.05, 3.63) is 12.4 Å². The van der Waals surface area contributed by atoms with Gasteiger partial charge in [-0.05, 0) is 51.8 Å². The maximum Gasteiger partial charge on any atom is 0.120 e. The highest BCUT2D eigenvalue weighted by Gasteiger charge is 2.41. The lowest BCUT2D eigenvalue weighted by atomic mass is 9.78. The quantitative estimate of drug-likeness (QED) is 0.699. The van der Waals surface area contributed by atoms with Gasteiger partial charge in [-0.15, -0.1) is 0 Å². The molecule has 2 fully saturated rings. The molecule has 0 amide bonds. The first-order valence-electron chi connectivity index (χ1n) is 6.71. The molecule has 0 aromatic carbocycles. The maximum absolute atomic E-state index is 3.94. The zero-order valence-electron chi connectivity index (χ0n) is 11.3. The normalized spacial score (nSPS) is 24.5. The minimum Gasteiger partial charge on any atom is -0.357 e. The Balaban J connectivity index is 1.91. The number of aliphatic imine (C=N–C) groups is 1. The molecule has 0 aromatic heterocycles. The van der Waals surface area contributed by atoms with Gasteiger partial charge in [-0.2, -0.15) is 0 Å². The molecule has 0 unspecified atom stereocenters. The van der Waals surface area contributed by atoms with E-state index in [9.17, 15) is 0 Å². The van der Waals surface area contributed by atoms with Gasteiger partial charge in [0, 0.05) is 25.7 Å². The van der Waals surface area contributed by atoms with E-state index in [-0.39, 0.29) is 0 Å². The Bertz CT molecular complexity index is 301. The van der Waals surface area contributed by atoms with Crippen LogP contribution in [-0.2, 0) is 0 Å². The maximum atomic E-state index is 3.94. The number of hydrogen-bond acceptors (Lipinski definition) is 3. The van der Waals surface area contributed by atoms with E-state index >= 15 is 0 Å². The lowest BCUT2D eigenvalue weighted by Gasteiger charge is -2.40. The van der Waals surface area contributed by atoms with Crippen LogP contribution in [0.15, 0.2) is 17.4 Å². The molecule has 1 spiro atoms. The first-order valence-corrected chi connectivity index (χ1v) is 6.71. The third-order valence-corrected chi connectivity index (χ3v) is 4.57. The van der Waals surface area contributed by atoms with E-state index in [0.29, 0.717) is 11.5 Å². The summed E-state index contributed by atoms with van der Waals surface area (Å²) in [6, 6.07) is 0.692. The summed E-state index contributed by atoms with van der Waals surface area (Å²) < 4.78 is 0. The molecular weight excluding hydrogens is 210 g/mol. The van der Waals surface area contributed by atoms with Crippen molar-refractivity contribution in [2.45, 2.75) is 39.2 Å². The second-order valence-electron chi connectivity index (χ2n) is 5.88. The van der Waals surface area contributed by atoms with E-state index in [1.807, 2.05) is 0 Å². The highest BCUT2D eigenvalue weighted by molar-refractivity contribution is 5.27. The van der Waals surface area contributed by atoms with Gasteiger partial charge in [0.25, 0.3) is 0 Å². The molecule has 3 nitrogen and oxygen atoms in total. The molecule has 2 aliphatic heterocycles. The summed E-state index contributed by atoms with van der Waals surface area (Å²) in [4.78, 5) is 8.84. The van der Waals surface area contributed by atoms with Gasteiger partial charge in [-0.1, -0.05) is 6.58 Å². The Kier molecular flexibility index (Phi) is 3.57. The summed E-state index contributed by atoms with van der Waals surface area (Å²) in [5.74, 6) is 0.846. The summed E-state index contributed by atoms with van der Waals surface area (Å²) in [5.41, 5.74) is 0.572. The Morgan fingerprint density at radius 3 is 2.24 bits per heavy atom. The SMILES string of the molecule is C=NC(=C)N1CCC2(CC1)CCN(C(C)C)C2. The van der Waals surface area contributed by atoms with Gasteiger partial charge in [-0.25, -0.2) is 4.99 Å². The van der Waals surface area contributed by atoms with Gasteiger partial charge in [0.2, 0.25) is 0 Å². The first-order chi connectivity index (χ1) is 8.06. The Morgan fingerprint density at radius 2 is 1.76 bits per heavy atom. The molecule has 0 aliphatic carbocycles. The van der Waals surface area contributed by atoms with Crippen molar-refractivity contribution in [1.82, 2.24) is 9.80 Å². The van der Waals surface area contributed by atoms with E-state index in [0.717, 1.165) is 18.9 Å². The molecular formula is C14H25N3. The van der Waals surface area contributed by atoms with E-state index in [1.165, 1.54) is 32.4 Å². The second kappa shape index (κ2) is 4.81. The van der Waals surface area contributed by atoms with Crippen LogP contribution in [0.5, 0.6) is 0 Å². The van der Waals surface area contributed by atoms with Crippen LogP contribution >= 0.6 is 0 Å². The van der Waals surface area contributed by atoms with Crippen LogP contribution in [0.4, 0.5) is 0 Å². The van der Waals surface area contributed by atoms with Gasteiger partial charge in [0.15, 0.2) is 0 Å². The van der Waals surface area contributed by atoms with E-state index in [4.69, 9.17) is 0 Å². The van der Waals surface area contributed by atoms with Crippen molar-refractivity contribution >= 4 is 6.72 Å². The third kappa shape index (κ3) is 2.54. The molecule has 0 radical (unpaired) electrons. The molecule has 0 bridgehead atoms. The van der Waals surface area contributed by atoms with Crippen LogP contribution in [0.2, 0.25) is 0 Å². The molecule has 17 heavy (non-hydrogen) atoms. The number of nitrogens with zero attached hydrogens (tertiary/aromatic N) is 3. The summed E-state index contributed by atoms with van der Waals surface area (Å²) in [6.45, 7) is 16.9. The average Bonchev–Trinajstić information content (AvgIpc) is 2.74. The lowest BCUT2D eigenvalue weighted by molar-refractivity contribution is 0.123. The van der Waals surface area contributed by atoms with Crippen molar-refractivity contribution < 1.29 is 0 Å². The predicted octanol–water partition coefficient (Wildman–Crippen LogP) is 2.35. The van der Waals surface area contributed by atoms with Crippen LogP contribution < -0.4 is 0 Å². The zero-order chi connectivity index (χ0) is 12.5. The van der Waals surface area contributed by atoms with Gasteiger partial charge >= 0.3 is 0 Å². The number of likely N-dealkylation sites (tertiary alicyclic amines) is 2. The van der Waals surface area contributed by atoms with Gasteiger partial charge < -0.3 is 9.80 Å². The van der Waals surface area contributed by atoms with Crippen molar-refractivity contribution in [3.63, 3.8) is 0 Å². The number of piperidine rings is 1. The fourth-order valence-electron chi connectivity index (χ4n) is 3.16. The Labute approximate surface area is 105 Å². The average molecular weight is 235 g/mol. The molecule has 3 heteroatoms. The van der Waals surface area contributed by atoms with Crippen LogP contribution in [0.1, 0.15) is 33.1 Å². The lowest BCUT2D eigenvalue weighted by Crippen LogP contribution is -2.41. The summed E-state index contributed by atoms with van der Waals surface area (Å²) in [5, 5.41) is 0. The van der Waals surface area contributed by atoms with E-state index in [1.54, 1.807) is 0 Å². The van der Waals surface area contributed by atoms with E-state index in [2.05, 4.69) is 41.9 Å². The monoisotopic (exact) mass is 235 g/mol. The highest BCUT2D eigenvalue weighted by Crippen LogP contribution is 2.41. The van der Waals surface area contributed by atoms with Crippen LogP contribution in [0, 0.1) is 5.41 Å². The topological polar surface area (TPSA) is 18.8 Å². The van der Waals surface area contributed by atoms with Gasteiger partial charge in [-0.3, -0.25) is 0 Å². The van der Waals surface area contributed by atoms with Crippen LogP contribution in [0.25, 0.3) is 0 Å². The molecule has 0 aromatic rings. The zero-order valence-corrected chi connectivity index (χ0v) is 11.3. The van der Waals surface area contributed by atoms with Crippen molar-refractivity contribution in [1.29, 1.82) is 0 Å². The fourth-order valence-corrected chi connectivity index (χ4v) is 3.16.